The number of hydrogen-bond donors (Lipinski definition) is 1. The number of alkyl halides is 3. The summed E-state index contributed by atoms with van der Waals surface area (Å²) in [5.74, 6) is -1.16. The zero-order chi connectivity index (χ0) is 12.9. The summed E-state index contributed by atoms with van der Waals surface area (Å²) in [7, 11) is 0. The molecular formula is C12H23F3N2. The maximum absolute atomic E-state index is 12.6. The smallest absolute Gasteiger partial charge is 0.327 e. The third-order valence-corrected chi connectivity index (χ3v) is 3.39. The van der Waals surface area contributed by atoms with Crippen molar-refractivity contribution in [1.82, 2.24) is 4.90 Å². The fourth-order valence-electron chi connectivity index (χ4n) is 2.38. The number of nitrogens with zero attached hydrogens (tertiary/aromatic N) is 1. The van der Waals surface area contributed by atoms with Crippen LogP contribution < -0.4 is 5.73 Å². The van der Waals surface area contributed by atoms with Crippen LogP contribution in [0, 0.1) is 5.92 Å². The molecule has 0 aromatic rings. The first kappa shape index (κ1) is 14.8. The fourth-order valence-corrected chi connectivity index (χ4v) is 2.38. The Morgan fingerprint density at radius 1 is 1.41 bits per heavy atom. The second kappa shape index (κ2) is 6.59. The fraction of sp³-hybridized carbons (Fsp3) is 1.00. The molecule has 1 heterocycles. The Labute approximate surface area is 101 Å². The zero-order valence-electron chi connectivity index (χ0n) is 10.5. The molecule has 1 rings (SSSR count). The third kappa shape index (κ3) is 5.25. The Hall–Kier alpha value is -0.290. The standard InChI is InChI=1S/C12H23F3N2/c1-2-3-6-11(16)9-17-7-4-5-10(8-17)12(13,14)15/h10-11H,2-9,16H2,1H3. The van der Waals surface area contributed by atoms with E-state index in [1.165, 1.54) is 0 Å². The first-order valence-electron chi connectivity index (χ1n) is 6.48. The van der Waals surface area contributed by atoms with Gasteiger partial charge in [-0.15, -0.1) is 0 Å². The van der Waals surface area contributed by atoms with E-state index in [1.807, 2.05) is 4.90 Å². The molecule has 2 atom stereocenters. The van der Waals surface area contributed by atoms with E-state index in [0.29, 0.717) is 13.0 Å². The van der Waals surface area contributed by atoms with Crippen molar-refractivity contribution in [2.45, 2.75) is 51.2 Å². The predicted molar refractivity (Wildman–Crippen MR) is 62.7 cm³/mol. The van der Waals surface area contributed by atoms with Crippen LogP contribution in [0.2, 0.25) is 0 Å². The summed E-state index contributed by atoms with van der Waals surface area (Å²) in [5, 5.41) is 0. The average molecular weight is 252 g/mol. The highest BCUT2D eigenvalue weighted by Crippen LogP contribution is 2.33. The molecular weight excluding hydrogens is 229 g/mol. The van der Waals surface area contributed by atoms with Crippen molar-refractivity contribution in [2.75, 3.05) is 19.6 Å². The summed E-state index contributed by atoms with van der Waals surface area (Å²) in [4.78, 5) is 1.88. The summed E-state index contributed by atoms with van der Waals surface area (Å²) in [5.41, 5.74) is 5.92. The normalized spacial score (nSPS) is 24.9. The van der Waals surface area contributed by atoms with Crippen molar-refractivity contribution in [3.05, 3.63) is 0 Å². The van der Waals surface area contributed by atoms with Crippen LogP contribution in [0.25, 0.3) is 0 Å². The van der Waals surface area contributed by atoms with Gasteiger partial charge in [-0.25, -0.2) is 0 Å². The van der Waals surface area contributed by atoms with Crippen LogP contribution in [-0.4, -0.2) is 36.8 Å². The van der Waals surface area contributed by atoms with Crippen molar-refractivity contribution in [2.24, 2.45) is 11.7 Å². The molecule has 0 saturated carbocycles. The minimum atomic E-state index is -4.05. The maximum Gasteiger partial charge on any atom is 0.393 e. The van der Waals surface area contributed by atoms with Crippen LogP contribution in [0.4, 0.5) is 13.2 Å². The molecule has 0 spiro atoms. The first-order chi connectivity index (χ1) is 7.93. The Bertz CT molecular complexity index is 218. The molecule has 0 aliphatic carbocycles. The van der Waals surface area contributed by atoms with Gasteiger partial charge in [0.05, 0.1) is 5.92 Å². The minimum Gasteiger partial charge on any atom is -0.327 e. The molecule has 2 N–H and O–H groups in total. The van der Waals surface area contributed by atoms with E-state index < -0.39 is 12.1 Å². The largest absolute Gasteiger partial charge is 0.393 e. The van der Waals surface area contributed by atoms with Gasteiger partial charge >= 0.3 is 6.18 Å². The number of piperidine rings is 1. The van der Waals surface area contributed by atoms with Gasteiger partial charge in [0.2, 0.25) is 0 Å². The lowest BCUT2D eigenvalue weighted by atomic mass is 9.97. The number of nitrogens with two attached hydrogens (primary N) is 1. The molecule has 0 radical (unpaired) electrons. The van der Waals surface area contributed by atoms with Gasteiger partial charge in [0.25, 0.3) is 0 Å². The van der Waals surface area contributed by atoms with E-state index in [4.69, 9.17) is 5.73 Å². The van der Waals surface area contributed by atoms with Crippen LogP contribution in [0.3, 0.4) is 0 Å². The van der Waals surface area contributed by atoms with Crippen molar-refractivity contribution in [3.63, 3.8) is 0 Å². The number of halogens is 3. The summed E-state index contributed by atoms with van der Waals surface area (Å²) in [6.07, 6.45) is -0.110. The summed E-state index contributed by atoms with van der Waals surface area (Å²) < 4.78 is 37.8. The van der Waals surface area contributed by atoms with E-state index in [1.54, 1.807) is 0 Å². The third-order valence-electron chi connectivity index (χ3n) is 3.39. The van der Waals surface area contributed by atoms with Crippen LogP contribution in [0.5, 0.6) is 0 Å². The molecule has 1 aliphatic rings. The highest BCUT2D eigenvalue weighted by molar-refractivity contribution is 4.80. The lowest BCUT2D eigenvalue weighted by molar-refractivity contribution is -0.186. The molecule has 1 saturated heterocycles. The molecule has 0 amide bonds. The van der Waals surface area contributed by atoms with E-state index in [0.717, 1.165) is 25.8 Å². The van der Waals surface area contributed by atoms with E-state index in [2.05, 4.69) is 6.92 Å². The summed E-state index contributed by atoms with van der Waals surface area (Å²) >= 11 is 0. The van der Waals surface area contributed by atoms with Gasteiger partial charge in [0, 0.05) is 19.1 Å². The SMILES string of the molecule is CCCCC(N)CN1CCCC(C(F)(F)F)C1. The van der Waals surface area contributed by atoms with Crippen molar-refractivity contribution in [3.8, 4) is 0 Å². The molecule has 0 aromatic heterocycles. The van der Waals surface area contributed by atoms with Crippen LogP contribution >= 0.6 is 0 Å². The van der Waals surface area contributed by atoms with E-state index >= 15 is 0 Å². The Morgan fingerprint density at radius 3 is 2.71 bits per heavy atom. The molecule has 0 aromatic carbocycles. The highest BCUT2D eigenvalue weighted by atomic mass is 19.4. The molecule has 102 valence electrons. The molecule has 2 unspecified atom stereocenters. The van der Waals surface area contributed by atoms with Gasteiger partial charge in [-0.05, 0) is 25.8 Å². The molecule has 17 heavy (non-hydrogen) atoms. The van der Waals surface area contributed by atoms with Gasteiger partial charge in [-0.3, -0.25) is 0 Å². The highest BCUT2D eigenvalue weighted by Gasteiger charge is 2.41. The average Bonchev–Trinajstić information content (AvgIpc) is 2.25. The Balaban J connectivity index is 2.34. The Kier molecular flexibility index (Phi) is 5.73. The van der Waals surface area contributed by atoms with Gasteiger partial charge < -0.3 is 10.6 Å². The lowest BCUT2D eigenvalue weighted by Crippen LogP contribution is -2.46. The monoisotopic (exact) mass is 252 g/mol. The van der Waals surface area contributed by atoms with E-state index in [9.17, 15) is 13.2 Å². The second-order valence-corrected chi connectivity index (χ2v) is 5.04. The zero-order valence-corrected chi connectivity index (χ0v) is 10.5. The van der Waals surface area contributed by atoms with Gasteiger partial charge in [0.1, 0.15) is 0 Å². The molecule has 2 nitrogen and oxygen atoms in total. The quantitative estimate of drug-likeness (QED) is 0.815. The van der Waals surface area contributed by atoms with Crippen LogP contribution in [-0.2, 0) is 0 Å². The molecule has 1 aliphatic heterocycles. The van der Waals surface area contributed by atoms with Gasteiger partial charge in [-0.1, -0.05) is 19.8 Å². The summed E-state index contributed by atoms with van der Waals surface area (Å²) in [6, 6.07) is 0.0157. The van der Waals surface area contributed by atoms with Crippen LogP contribution in [0.15, 0.2) is 0 Å². The summed E-state index contributed by atoms with van der Waals surface area (Å²) in [6.45, 7) is 3.58. The van der Waals surface area contributed by atoms with Crippen LogP contribution in [0.1, 0.15) is 39.0 Å². The number of likely N-dealkylation sites (tertiary alicyclic amines) is 1. The molecule has 1 fully saturated rings. The van der Waals surface area contributed by atoms with E-state index in [-0.39, 0.29) is 19.0 Å². The number of rotatable bonds is 5. The second-order valence-electron chi connectivity index (χ2n) is 5.04. The lowest BCUT2D eigenvalue weighted by Gasteiger charge is -2.35. The van der Waals surface area contributed by atoms with Crippen molar-refractivity contribution >= 4 is 0 Å². The first-order valence-corrected chi connectivity index (χ1v) is 6.48. The minimum absolute atomic E-state index is 0.0157. The molecule has 5 heteroatoms. The number of hydrogen-bond acceptors (Lipinski definition) is 2. The maximum atomic E-state index is 12.6. The molecule has 0 bridgehead atoms. The van der Waals surface area contributed by atoms with Gasteiger partial charge in [0.15, 0.2) is 0 Å². The Morgan fingerprint density at radius 2 is 2.12 bits per heavy atom. The van der Waals surface area contributed by atoms with Crippen molar-refractivity contribution in [1.29, 1.82) is 0 Å². The number of unbranched alkanes of at least 4 members (excludes halogenated alkanes) is 1. The topological polar surface area (TPSA) is 29.3 Å². The predicted octanol–water partition coefficient (Wildman–Crippen LogP) is 2.78. The van der Waals surface area contributed by atoms with Gasteiger partial charge in [-0.2, -0.15) is 13.2 Å². The van der Waals surface area contributed by atoms with Crippen molar-refractivity contribution < 1.29 is 13.2 Å².